The van der Waals surface area contributed by atoms with Crippen LogP contribution in [0, 0.1) is 0 Å². The number of likely N-dealkylation sites (tertiary alicyclic amines) is 1. The first-order valence-electron chi connectivity index (χ1n) is 10.7. The van der Waals surface area contributed by atoms with Crippen LogP contribution in [0.3, 0.4) is 0 Å². The number of nitrogens with one attached hydrogen (secondary N) is 1. The van der Waals surface area contributed by atoms with E-state index < -0.39 is 0 Å². The highest BCUT2D eigenvalue weighted by Crippen LogP contribution is 2.41. The van der Waals surface area contributed by atoms with E-state index in [1.807, 2.05) is 59.5 Å². The van der Waals surface area contributed by atoms with Crippen LogP contribution in [-0.2, 0) is 16.8 Å². The molecule has 1 aliphatic heterocycles. The smallest absolute Gasteiger partial charge is 0.410 e. The molecule has 0 saturated carbocycles. The zero-order valence-electron chi connectivity index (χ0n) is 17.3. The number of hydrogen-bond acceptors (Lipinski definition) is 3. The van der Waals surface area contributed by atoms with Crippen molar-refractivity contribution < 1.29 is 9.53 Å². The summed E-state index contributed by atoms with van der Waals surface area (Å²) in [5, 5.41) is 0. The molecule has 1 aromatic heterocycles. The number of H-pyrrole nitrogens is 1. The van der Waals surface area contributed by atoms with Gasteiger partial charge in [-0.05, 0) is 36.1 Å². The Morgan fingerprint density at radius 1 is 0.903 bits per heavy atom. The standard InChI is InChI=1S/C26H25N3O2/c30-25(31-19-20-9-3-1-4-10-20)29-17-15-26(16-18-29,21-11-5-2-6-12-21)24-27-22-13-7-8-14-23(22)28-24/h1-14H,15-19H2,(H,27,28). The molecular formula is C26H25N3O2. The van der Waals surface area contributed by atoms with Gasteiger partial charge < -0.3 is 14.6 Å². The molecule has 3 aromatic carbocycles. The van der Waals surface area contributed by atoms with Crippen molar-refractivity contribution in [3.05, 3.63) is 102 Å². The lowest BCUT2D eigenvalue weighted by Gasteiger charge is -2.40. The fourth-order valence-corrected chi connectivity index (χ4v) is 4.48. The molecule has 4 aromatic rings. The first-order valence-corrected chi connectivity index (χ1v) is 10.7. The normalized spacial score (nSPS) is 15.7. The third-order valence-electron chi connectivity index (χ3n) is 6.25. The summed E-state index contributed by atoms with van der Waals surface area (Å²) in [6.07, 6.45) is 1.32. The van der Waals surface area contributed by atoms with Crippen LogP contribution in [0.2, 0.25) is 0 Å². The average Bonchev–Trinajstić information content (AvgIpc) is 3.29. The topological polar surface area (TPSA) is 58.2 Å². The molecule has 1 amide bonds. The summed E-state index contributed by atoms with van der Waals surface area (Å²) in [6, 6.07) is 28.4. The van der Waals surface area contributed by atoms with Gasteiger partial charge in [0.15, 0.2) is 0 Å². The van der Waals surface area contributed by atoms with E-state index in [9.17, 15) is 4.79 Å². The predicted octanol–water partition coefficient (Wildman–Crippen LogP) is 5.28. The van der Waals surface area contributed by atoms with Crippen LogP contribution in [0.15, 0.2) is 84.9 Å². The second-order valence-corrected chi connectivity index (χ2v) is 8.08. The van der Waals surface area contributed by atoms with Gasteiger partial charge in [-0.3, -0.25) is 0 Å². The van der Waals surface area contributed by atoms with Crippen LogP contribution >= 0.6 is 0 Å². The van der Waals surface area contributed by atoms with E-state index in [1.54, 1.807) is 0 Å². The molecule has 1 N–H and O–H groups in total. The predicted molar refractivity (Wildman–Crippen MR) is 121 cm³/mol. The lowest BCUT2D eigenvalue weighted by molar-refractivity contribution is 0.0806. The molecule has 0 unspecified atom stereocenters. The second kappa shape index (κ2) is 8.26. The number of carbonyl (C=O) groups is 1. The lowest BCUT2D eigenvalue weighted by Crippen LogP contribution is -2.46. The zero-order chi connectivity index (χ0) is 21.1. The van der Waals surface area contributed by atoms with Gasteiger partial charge >= 0.3 is 6.09 Å². The number of aromatic amines is 1. The van der Waals surface area contributed by atoms with Crippen LogP contribution in [0.4, 0.5) is 4.79 Å². The van der Waals surface area contributed by atoms with Crippen molar-refractivity contribution in [2.24, 2.45) is 0 Å². The molecular weight excluding hydrogens is 386 g/mol. The number of rotatable bonds is 4. The van der Waals surface area contributed by atoms with E-state index >= 15 is 0 Å². The van der Waals surface area contributed by atoms with E-state index in [4.69, 9.17) is 9.72 Å². The summed E-state index contributed by atoms with van der Waals surface area (Å²) in [4.78, 5) is 23.0. The van der Waals surface area contributed by atoms with Gasteiger partial charge in [0, 0.05) is 13.1 Å². The minimum Gasteiger partial charge on any atom is -0.445 e. The maximum Gasteiger partial charge on any atom is 0.410 e. The monoisotopic (exact) mass is 411 g/mol. The van der Waals surface area contributed by atoms with Gasteiger partial charge in [-0.25, -0.2) is 9.78 Å². The number of carbonyl (C=O) groups excluding carboxylic acids is 1. The fraction of sp³-hybridized carbons (Fsp3) is 0.231. The summed E-state index contributed by atoms with van der Waals surface area (Å²) in [6.45, 7) is 1.54. The third-order valence-corrected chi connectivity index (χ3v) is 6.25. The minimum atomic E-state index is -0.255. The van der Waals surface area contributed by atoms with E-state index in [1.165, 1.54) is 5.56 Å². The number of piperidine rings is 1. The van der Waals surface area contributed by atoms with Gasteiger partial charge in [0.1, 0.15) is 12.4 Å². The molecule has 31 heavy (non-hydrogen) atoms. The molecule has 5 heteroatoms. The van der Waals surface area contributed by atoms with Gasteiger partial charge in [-0.1, -0.05) is 72.8 Å². The second-order valence-electron chi connectivity index (χ2n) is 8.08. The van der Waals surface area contributed by atoms with Crippen molar-refractivity contribution >= 4 is 17.1 Å². The summed E-state index contributed by atoms with van der Waals surface area (Å²) < 4.78 is 5.56. The van der Waals surface area contributed by atoms with Gasteiger partial charge in [0.25, 0.3) is 0 Å². The first kappa shape index (κ1) is 19.4. The number of benzene rings is 3. The molecule has 0 bridgehead atoms. The molecule has 1 saturated heterocycles. The van der Waals surface area contributed by atoms with Crippen molar-refractivity contribution in [1.29, 1.82) is 0 Å². The van der Waals surface area contributed by atoms with Crippen LogP contribution in [0.1, 0.15) is 29.8 Å². The van der Waals surface area contributed by atoms with Crippen LogP contribution < -0.4 is 0 Å². The Morgan fingerprint density at radius 3 is 2.26 bits per heavy atom. The number of nitrogens with zero attached hydrogens (tertiary/aromatic N) is 2. The Kier molecular flexibility index (Phi) is 5.16. The Bertz CT molecular complexity index is 1130. The quantitative estimate of drug-likeness (QED) is 0.497. The molecule has 0 aliphatic carbocycles. The number of aromatic nitrogens is 2. The Morgan fingerprint density at radius 2 is 1.55 bits per heavy atom. The number of para-hydroxylation sites is 2. The summed E-state index contributed by atoms with van der Waals surface area (Å²) in [5.41, 5.74) is 3.98. The zero-order valence-corrected chi connectivity index (χ0v) is 17.3. The van der Waals surface area contributed by atoms with E-state index in [2.05, 4.69) is 35.3 Å². The first-order chi connectivity index (χ1) is 15.2. The Balaban J connectivity index is 1.37. The number of amides is 1. The highest BCUT2D eigenvalue weighted by molar-refractivity contribution is 5.75. The number of ether oxygens (including phenoxy) is 1. The number of imidazole rings is 1. The van der Waals surface area contributed by atoms with E-state index in [0.29, 0.717) is 19.7 Å². The Hall–Kier alpha value is -3.60. The van der Waals surface area contributed by atoms with E-state index in [0.717, 1.165) is 35.3 Å². The molecule has 5 nitrogen and oxygen atoms in total. The Labute approximate surface area is 181 Å². The average molecular weight is 412 g/mol. The number of hydrogen-bond donors (Lipinski definition) is 1. The molecule has 1 aliphatic rings. The van der Waals surface area contributed by atoms with Gasteiger partial charge in [-0.2, -0.15) is 0 Å². The van der Waals surface area contributed by atoms with Crippen molar-refractivity contribution in [2.75, 3.05) is 13.1 Å². The largest absolute Gasteiger partial charge is 0.445 e. The lowest BCUT2D eigenvalue weighted by atomic mass is 9.72. The van der Waals surface area contributed by atoms with Crippen LogP contribution in [-0.4, -0.2) is 34.1 Å². The van der Waals surface area contributed by atoms with Gasteiger partial charge in [-0.15, -0.1) is 0 Å². The summed E-state index contributed by atoms with van der Waals surface area (Å²) >= 11 is 0. The summed E-state index contributed by atoms with van der Waals surface area (Å²) in [7, 11) is 0. The van der Waals surface area contributed by atoms with Gasteiger partial charge in [0.2, 0.25) is 0 Å². The molecule has 1 fully saturated rings. The summed E-state index contributed by atoms with van der Waals surface area (Å²) in [5.74, 6) is 0.970. The van der Waals surface area contributed by atoms with Crippen molar-refractivity contribution in [3.63, 3.8) is 0 Å². The van der Waals surface area contributed by atoms with Crippen molar-refractivity contribution in [2.45, 2.75) is 24.9 Å². The highest BCUT2D eigenvalue weighted by Gasteiger charge is 2.41. The minimum absolute atomic E-state index is 0.253. The molecule has 0 atom stereocenters. The molecule has 156 valence electrons. The van der Waals surface area contributed by atoms with Crippen molar-refractivity contribution in [1.82, 2.24) is 14.9 Å². The highest BCUT2D eigenvalue weighted by atomic mass is 16.6. The fourth-order valence-electron chi connectivity index (χ4n) is 4.48. The van der Waals surface area contributed by atoms with Crippen LogP contribution in [0.5, 0.6) is 0 Å². The maximum atomic E-state index is 12.7. The maximum absolute atomic E-state index is 12.7. The molecule has 2 heterocycles. The van der Waals surface area contributed by atoms with Crippen LogP contribution in [0.25, 0.3) is 11.0 Å². The molecule has 5 rings (SSSR count). The number of fused-ring (bicyclic) bond motifs is 1. The molecule has 0 spiro atoms. The SMILES string of the molecule is O=C(OCc1ccccc1)N1CCC(c2ccccc2)(c2nc3ccccc3[nH]2)CC1. The molecule has 0 radical (unpaired) electrons. The van der Waals surface area contributed by atoms with Crippen molar-refractivity contribution in [3.8, 4) is 0 Å². The third kappa shape index (κ3) is 3.79. The van der Waals surface area contributed by atoms with Gasteiger partial charge in [0.05, 0.1) is 16.4 Å². The van der Waals surface area contributed by atoms with E-state index in [-0.39, 0.29) is 11.5 Å².